The molecule has 1 amide bonds. The number of amides is 1. The van der Waals surface area contributed by atoms with E-state index in [1.165, 1.54) is 6.92 Å². The number of nitrogens with one attached hydrogen (secondary N) is 1. The lowest BCUT2D eigenvalue weighted by Crippen LogP contribution is -2.34. The van der Waals surface area contributed by atoms with Crippen molar-refractivity contribution in [3.05, 3.63) is 17.5 Å². The highest BCUT2D eigenvalue weighted by Gasteiger charge is 2.22. The van der Waals surface area contributed by atoms with Gasteiger partial charge in [-0.2, -0.15) is 5.10 Å². The summed E-state index contributed by atoms with van der Waals surface area (Å²) in [4.78, 5) is 10.7. The van der Waals surface area contributed by atoms with Crippen LogP contribution < -0.4 is 5.32 Å². The quantitative estimate of drug-likeness (QED) is 0.674. The van der Waals surface area contributed by atoms with Crippen molar-refractivity contribution in [1.82, 2.24) is 15.1 Å². The molecule has 6 nitrogen and oxygen atoms in total. The SMILES string of the molecule is CCCn1ncc(C(O)C(O)CNC(C)=O)c1C. The molecule has 0 aliphatic heterocycles. The molecule has 0 aromatic carbocycles. The Morgan fingerprint density at radius 2 is 2.22 bits per heavy atom. The Balaban J connectivity index is 2.70. The van der Waals surface area contributed by atoms with Crippen LogP contribution in [0.3, 0.4) is 0 Å². The average Bonchev–Trinajstić information content (AvgIpc) is 2.68. The minimum atomic E-state index is -1.04. The van der Waals surface area contributed by atoms with Gasteiger partial charge in [0.1, 0.15) is 12.2 Å². The fraction of sp³-hybridized carbons (Fsp3) is 0.667. The molecule has 0 radical (unpaired) electrons. The first-order chi connectivity index (χ1) is 8.47. The third-order valence-corrected chi connectivity index (χ3v) is 2.82. The standard InChI is InChI=1S/C12H21N3O3/c1-4-5-15-8(2)10(6-14-15)12(18)11(17)7-13-9(3)16/h6,11-12,17-18H,4-5,7H2,1-3H3,(H,13,16). The lowest BCUT2D eigenvalue weighted by atomic mass is 10.1. The number of aliphatic hydroxyl groups excluding tert-OH is 2. The number of aromatic nitrogens is 2. The lowest BCUT2D eigenvalue weighted by Gasteiger charge is -2.18. The second-order valence-corrected chi connectivity index (χ2v) is 4.36. The fourth-order valence-corrected chi connectivity index (χ4v) is 1.76. The van der Waals surface area contributed by atoms with Crippen LogP contribution in [0.25, 0.3) is 0 Å². The summed E-state index contributed by atoms with van der Waals surface area (Å²) in [7, 11) is 0. The molecular weight excluding hydrogens is 234 g/mol. The Morgan fingerprint density at radius 1 is 1.56 bits per heavy atom. The second kappa shape index (κ2) is 6.51. The normalized spacial score (nSPS) is 14.3. The van der Waals surface area contributed by atoms with E-state index in [4.69, 9.17) is 0 Å². The van der Waals surface area contributed by atoms with Gasteiger partial charge in [-0.3, -0.25) is 9.48 Å². The van der Waals surface area contributed by atoms with Crippen molar-refractivity contribution in [3.63, 3.8) is 0 Å². The second-order valence-electron chi connectivity index (χ2n) is 4.36. The summed E-state index contributed by atoms with van der Waals surface area (Å²) in [6, 6.07) is 0. The van der Waals surface area contributed by atoms with E-state index in [2.05, 4.69) is 10.4 Å². The Bertz CT molecular complexity index is 403. The van der Waals surface area contributed by atoms with Crippen LogP contribution in [0.5, 0.6) is 0 Å². The molecule has 0 saturated carbocycles. The number of rotatable bonds is 6. The Kier molecular flexibility index (Phi) is 5.30. The number of carbonyl (C=O) groups is 1. The van der Waals surface area contributed by atoms with Gasteiger partial charge in [-0.25, -0.2) is 0 Å². The van der Waals surface area contributed by atoms with Crippen molar-refractivity contribution in [2.24, 2.45) is 0 Å². The van der Waals surface area contributed by atoms with Crippen molar-refractivity contribution < 1.29 is 15.0 Å². The van der Waals surface area contributed by atoms with Crippen molar-refractivity contribution in [2.45, 2.75) is 45.9 Å². The number of aryl methyl sites for hydroxylation is 1. The average molecular weight is 255 g/mol. The number of carbonyl (C=O) groups excluding carboxylic acids is 1. The first-order valence-electron chi connectivity index (χ1n) is 6.10. The van der Waals surface area contributed by atoms with Gasteiger partial charge in [0.2, 0.25) is 5.91 Å². The summed E-state index contributed by atoms with van der Waals surface area (Å²) in [6.45, 7) is 6.06. The molecule has 102 valence electrons. The van der Waals surface area contributed by atoms with Gasteiger partial charge in [-0.1, -0.05) is 6.92 Å². The maximum atomic E-state index is 10.7. The molecule has 0 fully saturated rings. The van der Waals surface area contributed by atoms with Crippen LogP contribution in [-0.2, 0) is 11.3 Å². The number of nitrogens with zero attached hydrogens (tertiary/aromatic N) is 2. The zero-order valence-electron chi connectivity index (χ0n) is 11.1. The predicted octanol–water partition coefficient (Wildman–Crippen LogP) is 0.132. The van der Waals surface area contributed by atoms with Crippen LogP contribution in [0, 0.1) is 6.92 Å². The molecule has 2 unspecified atom stereocenters. The number of aliphatic hydroxyl groups is 2. The molecule has 0 spiro atoms. The van der Waals surface area contributed by atoms with Crippen LogP contribution >= 0.6 is 0 Å². The van der Waals surface area contributed by atoms with Gasteiger partial charge in [0, 0.05) is 31.3 Å². The molecule has 1 rings (SSSR count). The fourth-order valence-electron chi connectivity index (χ4n) is 1.76. The van der Waals surface area contributed by atoms with Crippen molar-refractivity contribution >= 4 is 5.91 Å². The van der Waals surface area contributed by atoms with Crippen LogP contribution in [0.1, 0.15) is 37.6 Å². The molecule has 0 bridgehead atoms. The Labute approximate surface area is 107 Å². The van der Waals surface area contributed by atoms with E-state index in [0.717, 1.165) is 18.7 Å². The van der Waals surface area contributed by atoms with Crippen LogP contribution in [0.4, 0.5) is 0 Å². The van der Waals surface area contributed by atoms with Gasteiger partial charge in [0.15, 0.2) is 0 Å². The minimum absolute atomic E-state index is 0.0227. The van der Waals surface area contributed by atoms with Gasteiger partial charge in [0.25, 0.3) is 0 Å². The minimum Gasteiger partial charge on any atom is -0.388 e. The van der Waals surface area contributed by atoms with E-state index in [1.807, 2.05) is 13.8 Å². The Hall–Kier alpha value is -1.40. The van der Waals surface area contributed by atoms with Crippen LogP contribution in [-0.4, -0.2) is 38.5 Å². The van der Waals surface area contributed by atoms with E-state index in [0.29, 0.717) is 5.56 Å². The third kappa shape index (κ3) is 3.54. The first-order valence-corrected chi connectivity index (χ1v) is 6.10. The third-order valence-electron chi connectivity index (χ3n) is 2.82. The van der Waals surface area contributed by atoms with E-state index in [9.17, 15) is 15.0 Å². The van der Waals surface area contributed by atoms with Crippen molar-refractivity contribution in [2.75, 3.05) is 6.54 Å². The van der Waals surface area contributed by atoms with E-state index in [-0.39, 0.29) is 12.5 Å². The molecule has 0 saturated heterocycles. The Morgan fingerprint density at radius 3 is 2.78 bits per heavy atom. The summed E-state index contributed by atoms with van der Waals surface area (Å²) in [5, 5.41) is 26.4. The summed E-state index contributed by atoms with van der Waals surface area (Å²) in [6.07, 6.45) is 0.438. The molecule has 3 N–H and O–H groups in total. The first kappa shape index (κ1) is 14.7. The number of hydrogen-bond acceptors (Lipinski definition) is 4. The predicted molar refractivity (Wildman–Crippen MR) is 66.9 cm³/mol. The highest BCUT2D eigenvalue weighted by molar-refractivity contribution is 5.72. The summed E-state index contributed by atoms with van der Waals surface area (Å²) in [5.74, 6) is -0.236. The largest absolute Gasteiger partial charge is 0.388 e. The molecule has 0 aliphatic carbocycles. The zero-order chi connectivity index (χ0) is 13.7. The molecule has 18 heavy (non-hydrogen) atoms. The van der Waals surface area contributed by atoms with Crippen molar-refractivity contribution in [3.8, 4) is 0 Å². The summed E-state index contributed by atoms with van der Waals surface area (Å²) >= 11 is 0. The van der Waals surface area contributed by atoms with Gasteiger partial charge in [-0.15, -0.1) is 0 Å². The summed E-state index contributed by atoms with van der Waals surface area (Å²) < 4.78 is 1.80. The van der Waals surface area contributed by atoms with Gasteiger partial charge >= 0.3 is 0 Å². The van der Waals surface area contributed by atoms with E-state index >= 15 is 0 Å². The van der Waals surface area contributed by atoms with Gasteiger partial charge in [-0.05, 0) is 13.3 Å². The summed E-state index contributed by atoms with van der Waals surface area (Å²) in [5.41, 5.74) is 1.44. The molecule has 1 heterocycles. The molecule has 1 aromatic heterocycles. The van der Waals surface area contributed by atoms with Gasteiger partial charge in [0.05, 0.1) is 6.20 Å². The highest BCUT2D eigenvalue weighted by atomic mass is 16.3. The monoisotopic (exact) mass is 255 g/mol. The van der Waals surface area contributed by atoms with E-state index < -0.39 is 12.2 Å². The zero-order valence-corrected chi connectivity index (χ0v) is 11.1. The molecule has 2 atom stereocenters. The highest BCUT2D eigenvalue weighted by Crippen LogP contribution is 2.20. The lowest BCUT2D eigenvalue weighted by molar-refractivity contribution is -0.119. The molecule has 0 aliphatic rings. The smallest absolute Gasteiger partial charge is 0.216 e. The van der Waals surface area contributed by atoms with Crippen LogP contribution in [0.15, 0.2) is 6.20 Å². The molecular formula is C12H21N3O3. The van der Waals surface area contributed by atoms with Gasteiger partial charge < -0.3 is 15.5 Å². The van der Waals surface area contributed by atoms with Crippen LogP contribution in [0.2, 0.25) is 0 Å². The topological polar surface area (TPSA) is 87.4 Å². The maximum absolute atomic E-state index is 10.7. The number of hydrogen-bond donors (Lipinski definition) is 3. The molecule has 1 aromatic rings. The maximum Gasteiger partial charge on any atom is 0.216 e. The van der Waals surface area contributed by atoms with Crippen molar-refractivity contribution in [1.29, 1.82) is 0 Å². The van der Waals surface area contributed by atoms with E-state index in [1.54, 1.807) is 10.9 Å². The molecule has 6 heteroatoms.